The molecule has 2 rings (SSSR count). The highest BCUT2D eigenvalue weighted by atomic mass is 16.5. The van der Waals surface area contributed by atoms with Crippen molar-refractivity contribution in [3.8, 4) is 0 Å². The molecular formula is C19H24N2O3. The Morgan fingerprint density at radius 3 is 2.58 bits per heavy atom. The van der Waals surface area contributed by atoms with Crippen LogP contribution < -0.4 is 5.32 Å². The Labute approximate surface area is 142 Å². The molecule has 0 saturated carbocycles. The molecule has 0 aliphatic heterocycles. The van der Waals surface area contributed by atoms with Gasteiger partial charge in [-0.15, -0.1) is 0 Å². The van der Waals surface area contributed by atoms with Gasteiger partial charge in [-0.2, -0.15) is 0 Å². The maximum Gasteiger partial charge on any atom is 0.331 e. The number of nitrogens with zero attached hydrogens (tertiary/aromatic N) is 1. The molecule has 1 heterocycles. The number of pyridine rings is 1. The van der Waals surface area contributed by atoms with E-state index < -0.39 is 11.5 Å². The lowest BCUT2D eigenvalue weighted by molar-refractivity contribution is -0.147. The fourth-order valence-electron chi connectivity index (χ4n) is 2.88. The molecule has 5 heteroatoms. The number of carbonyl (C=O) groups is 2. The van der Waals surface area contributed by atoms with Crippen molar-refractivity contribution in [1.29, 1.82) is 0 Å². The molecule has 24 heavy (non-hydrogen) atoms. The van der Waals surface area contributed by atoms with Gasteiger partial charge in [0.2, 0.25) is 0 Å². The molecule has 1 atom stereocenters. The van der Waals surface area contributed by atoms with Gasteiger partial charge in [-0.05, 0) is 45.4 Å². The van der Waals surface area contributed by atoms with Crippen molar-refractivity contribution < 1.29 is 14.3 Å². The maximum atomic E-state index is 12.7. The molecule has 1 aromatic heterocycles. The number of amides is 1. The van der Waals surface area contributed by atoms with Crippen LogP contribution in [0.4, 0.5) is 0 Å². The van der Waals surface area contributed by atoms with Crippen LogP contribution >= 0.6 is 0 Å². The molecule has 0 aliphatic carbocycles. The number of rotatable bonds is 5. The molecule has 1 aromatic carbocycles. The minimum absolute atomic E-state index is 0.315. The first kappa shape index (κ1) is 17.9. The zero-order valence-electron chi connectivity index (χ0n) is 14.9. The van der Waals surface area contributed by atoms with Gasteiger partial charge in [-0.3, -0.25) is 9.78 Å². The Kier molecular flexibility index (Phi) is 5.22. The van der Waals surface area contributed by atoms with Crippen LogP contribution in [0.25, 0.3) is 10.9 Å². The van der Waals surface area contributed by atoms with Crippen LogP contribution in [0.3, 0.4) is 0 Å². The number of hydrogen-bond donors (Lipinski definition) is 1. The summed E-state index contributed by atoms with van der Waals surface area (Å²) in [5.41, 5.74) is 2.00. The van der Waals surface area contributed by atoms with E-state index in [0.29, 0.717) is 17.7 Å². The van der Waals surface area contributed by atoms with Crippen LogP contribution in [-0.2, 0) is 9.53 Å². The van der Waals surface area contributed by atoms with Crippen LogP contribution in [-0.4, -0.2) is 29.5 Å². The van der Waals surface area contributed by atoms with Crippen LogP contribution in [0, 0.1) is 13.8 Å². The third-order valence-electron chi connectivity index (χ3n) is 4.18. The average molecular weight is 328 g/mol. The molecule has 2 aromatic rings. The second-order valence-corrected chi connectivity index (χ2v) is 6.35. The van der Waals surface area contributed by atoms with Crippen molar-refractivity contribution in [2.24, 2.45) is 0 Å². The van der Waals surface area contributed by atoms with Gasteiger partial charge in [0.15, 0.2) is 0 Å². The van der Waals surface area contributed by atoms with Crippen molar-refractivity contribution in [3.63, 3.8) is 0 Å². The van der Waals surface area contributed by atoms with E-state index in [1.165, 1.54) is 7.11 Å². The Balaban J connectivity index is 2.39. The summed E-state index contributed by atoms with van der Waals surface area (Å²) in [6.45, 7) is 7.44. The van der Waals surface area contributed by atoms with E-state index in [9.17, 15) is 9.59 Å². The van der Waals surface area contributed by atoms with Crippen molar-refractivity contribution in [1.82, 2.24) is 10.3 Å². The molecular weight excluding hydrogens is 304 g/mol. The van der Waals surface area contributed by atoms with Gasteiger partial charge in [0.1, 0.15) is 5.54 Å². The monoisotopic (exact) mass is 328 g/mol. The summed E-state index contributed by atoms with van der Waals surface area (Å²) in [5.74, 6) is -0.760. The van der Waals surface area contributed by atoms with Gasteiger partial charge in [0.25, 0.3) is 5.91 Å². The van der Waals surface area contributed by atoms with Crippen LogP contribution in [0.5, 0.6) is 0 Å². The molecule has 1 unspecified atom stereocenters. The van der Waals surface area contributed by atoms with E-state index in [1.54, 1.807) is 13.8 Å². The number of aromatic nitrogens is 1. The number of esters is 1. The minimum Gasteiger partial charge on any atom is -0.467 e. The van der Waals surface area contributed by atoms with Crippen LogP contribution in [0.15, 0.2) is 24.3 Å². The predicted molar refractivity (Wildman–Crippen MR) is 94.0 cm³/mol. The van der Waals surface area contributed by atoms with Gasteiger partial charge in [0.05, 0.1) is 23.9 Å². The first-order valence-corrected chi connectivity index (χ1v) is 8.09. The van der Waals surface area contributed by atoms with Gasteiger partial charge in [0, 0.05) is 5.39 Å². The number of aryl methyl sites for hydroxylation is 2. The van der Waals surface area contributed by atoms with E-state index >= 15 is 0 Å². The SMILES string of the molecule is CCCC(C)(NC(=O)c1cc2cc(C)ccc2nc1C)C(=O)OC. The maximum absolute atomic E-state index is 12.7. The molecule has 128 valence electrons. The average Bonchev–Trinajstić information content (AvgIpc) is 2.53. The highest BCUT2D eigenvalue weighted by Crippen LogP contribution is 2.20. The Bertz CT molecular complexity index is 786. The minimum atomic E-state index is -1.05. The number of nitrogens with one attached hydrogen (secondary N) is 1. The van der Waals surface area contributed by atoms with Crippen molar-refractivity contribution in [2.45, 2.75) is 46.1 Å². The molecule has 0 saturated heterocycles. The van der Waals surface area contributed by atoms with Gasteiger partial charge in [-0.1, -0.05) is 25.0 Å². The lowest BCUT2D eigenvalue weighted by Gasteiger charge is -2.27. The highest BCUT2D eigenvalue weighted by molar-refractivity contribution is 6.01. The van der Waals surface area contributed by atoms with E-state index in [2.05, 4.69) is 10.3 Å². The molecule has 0 bridgehead atoms. The van der Waals surface area contributed by atoms with Gasteiger partial charge in [-0.25, -0.2) is 4.79 Å². The summed E-state index contributed by atoms with van der Waals surface area (Å²) >= 11 is 0. The molecule has 0 radical (unpaired) electrons. The molecule has 0 aliphatic rings. The number of hydrogen-bond acceptors (Lipinski definition) is 4. The van der Waals surface area contributed by atoms with Gasteiger partial charge >= 0.3 is 5.97 Å². The van der Waals surface area contributed by atoms with Crippen molar-refractivity contribution in [3.05, 3.63) is 41.1 Å². The van der Waals surface area contributed by atoms with E-state index in [-0.39, 0.29) is 5.91 Å². The summed E-state index contributed by atoms with van der Waals surface area (Å²) < 4.78 is 4.85. The standard InChI is InChI=1S/C19H24N2O3/c1-6-9-19(4,18(23)24-5)21-17(22)15-11-14-10-12(2)7-8-16(14)20-13(15)3/h7-8,10-11H,6,9H2,1-5H3,(H,21,22). The summed E-state index contributed by atoms with van der Waals surface area (Å²) in [5, 5.41) is 3.73. The Morgan fingerprint density at radius 2 is 1.96 bits per heavy atom. The Hall–Kier alpha value is -2.43. The van der Waals surface area contributed by atoms with E-state index in [4.69, 9.17) is 4.74 Å². The number of carbonyl (C=O) groups excluding carboxylic acids is 2. The number of benzene rings is 1. The summed E-state index contributed by atoms with van der Waals surface area (Å²) in [4.78, 5) is 29.3. The Morgan fingerprint density at radius 1 is 1.25 bits per heavy atom. The first-order valence-electron chi connectivity index (χ1n) is 8.09. The molecule has 0 fully saturated rings. The fourth-order valence-corrected chi connectivity index (χ4v) is 2.88. The zero-order chi connectivity index (χ0) is 17.9. The fraction of sp³-hybridized carbons (Fsp3) is 0.421. The van der Waals surface area contributed by atoms with Crippen LogP contribution in [0.2, 0.25) is 0 Å². The number of ether oxygens (including phenoxy) is 1. The number of methoxy groups -OCH3 is 1. The molecule has 1 N–H and O–H groups in total. The second-order valence-electron chi connectivity index (χ2n) is 6.35. The molecule has 1 amide bonds. The summed E-state index contributed by atoms with van der Waals surface area (Å²) in [7, 11) is 1.33. The molecule has 0 spiro atoms. The second kappa shape index (κ2) is 6.99. The normalized spacial score (nSPS) is 13.4. The van der Waals surface area contributed by atoms with E-state index in [0.717, 1.165) is 22.9 Å². The largest absolute Gasteiger partial charge is 0.467 e. The quantitative estimate of drug-likeness (QED) is 0.855. The van der Waals surface area contributed by atoms with Crippen LogP contribution in [0.1, 0.15) is 48.3 Å². The lowest BCUT2D eigenvalue weighted by Crippen LogP contribution is -2.52. The topological polar surface area (TPSA) is 68.3 Å². The predicted octanol–water partition coefficient (Wildman–Crippen LogP) is 3.31. The molecule has 5 nitrogen and oxygen atoms in total. The van der Waals surface area contributed by atoms with Gasteiger partial charge < -0.3 is 10.1 Å². The highest BCUT2D eigenvalue weighted by Gasteiger charge is 2.35. The third-order valence-corrected chi connectivity index (χ3v) is 4.18. The lowest BCUT2D eigenvalue weighted by atomic mass is 9.95. The zero-order valence-corrected chi connectivity index (χ0v) is 14.9. The number of fused-ring (bicyclic) bond motifs is 1. The first-order chi connectivity index (χ1) is 11.3. The smallest absolute Gasteiger partial charge is 0.331 e. The summed E-state index contributed by atoms with van der Waals surface area (Å²) in [6, 6.07) is 7.74. The summed E-state index contributed by atoms with van der Waals surface area (Å²) in [6.07, 6.45) is 1.25. The van der Waals surface area contributed by atoms with E-state index in [1.807, 2.05) is 38.1 Å². The third kappa shape index (κ3) is 3.55. The van der Waals surface area contributed by atoms with Crippen molar-refractivity contribution in [2.75, 3.05) is 7.11 Å². The van der Waals surface area contributed by atoms with Crippen molar-refractivity contribution >= 4 is 22.8 Å².